The van der Waals surface area contributed by atoms with Gasteiger partial charge in [-0.25, -0.2) is 13.6 Å². The summed E-state index contributed by atoms with van der Waals surface area (Å²) in [4.78, 5) is 11.7. The van der Waals surface area contributed by atoms with Gasteiger partial charge in [-0.2, -0.15) is 0 Å². The largest absolute Gasteiger partial charge is 0.326 e. The number of rotatable bonds is 3. The Morgan fingerprint density at radius 3 is 2.35 bits per heavy atom. The number of anilines is 2. The van der Waals surface area contributed by atoms with Crippen LogP contribution in [0.1, 0.15) is 5.56 Å². The number of nitrogens with two attached hydrogens (primary N) is 1. The standard InChI is InChI=1S/C14H13F2N3O/c15-10-3-6-13(12(16)7-10)19-14(20)18-11-4-1-9(8-17)2-5-11/h1-7H,8,17H2,(H2,18,19,20). The van der Waals surface area contributed by atoms with Crippen LogP contribution in [0.15, 0.2) is 42.5 Å². The first kappa shape index (κ1) is 14.0. The third kappa shape index (κ3) is 3.52. The predicted octanol–water partition coefficient (Wildman–Crippen LogP) is 3.07. The average Bonchev–Trinajstić information content (AvgIpc) is 2.43. The van der Waals surface area contributed by atoms with E-state index in [-0.39, 0.29) is 5.69 Å². The van der Waals surface area contributed by atoms with E-state index in [0.29, 0.717) is 18.3 Å². The van der Waals surface area contributed by atoms with Gasteiger partial charge in [-0.3, -0.25) is 0 Å². The topological polar surface area (TPSA) is 67.1 Å². The molecule has 0 atom stereocenters. The number of halogens is 2. The van der Waals surface area contributed by atoms with Crippen molar-refractivity contribution in [3.63, 3.8) is 0 Å². The van der Waals surface area contributed by atoms with Crippen LogP contribution < -0.4 is 16.4 Å². The summed E-state index contributed by atoms with van der Waals surface area (Å²) in [5.41, 5.74) is 6.84. The van der Waals surface area contributed by atoms with Crippen molar-refractivity contribution in [3.8, 4) is 0 Å². The lowest BCUT2D eigenvalue weighted by molar-refractivity contribution is 0.262. The van der Waals surface area contributed by atoms with E-state index >= 15 is 0 Å². The first-order valence-electron chi connectivity index (χ1n) is 5.90. The molecular weight excluding hydrogens is 264 g/mol. The molecule has 0 aliphatic rings. The average molecular weight is 277 g/mol. The van der Waals surface area contributed by atoms with Gasteiger partial charge < -0.3 is 16.4 Å². The number of hydrogen-bond donors (Lipinski definition) is 3. The van der Waals surface area contributed by atoms with Gasteiger partial charge in [-0.1, -0.05) is 12.1 Å². The van der Waals surface area contributed by atoms with Crippen LogP contribution in [0.5, 0.6) is 0 Å². The summed E-state index contributed by atoms with van der Waals surface area (Å²) >= 11 is 0. The monoisotopic (exact) mass is 277 g/mol. The van der Waals surface area contributed by atoms with Crippen LogP contribution in [-0.4, -0.2) is 6.03 Å². The minimum Gasteiger partial charge on any atom is -0.326 e. The van der Waals surface area contributed by atoms with E-state index in [9.17, 15) is 13.6 Å². The molecule has 0 heterocycles. The maximum absolute atomic E-state index is 13.4. The summed E-state index contributed by atoms with van der Waals surface area (Å²) in [5, 5.41) is 4.83. The van der Waals surface area contributed by atoms with Gasteiger partial charge in [0.15, 0.2) is 0 Å². The van der Waals surface area contributed by atoms with Crippen molar-refractivity contribution in [2.75, 3.05) is 10.6 Å². The Labute approximate surface area is 114 Å². The molecule has 2 amide bonds. The lowest BCUT2D eigenvalue weighted by Crippen LogP contribution is -2.20. The minimum atomic E-state index is -0.835. The molecule has 0 bridgehead atoms. The van der Waals surface area contributed by atoms with E-state index in [1.54, 1.807) is 24.3 Å². The van der Waals surface area contributed by atoms with Crippen molar-refractivity contribution in [1.82, 2.24) is 0 Å². The fourth-order valence-electron chi connectivity index (χ4n) is 1.60. The Morgan fingerprint density at radius 1 is 1.05 bits per heavy atom. The molecule has 4 N–H and O–H groups in total. The van der Waals surface area contributed by atoms with Gasteiger partial charge in [0, 0.05) is 18.3 Å². The molecule has 0 saturated heterocycles. The second kappa shape index (κ2) is 6.12. The van der Waals surface area contributed by atoms with E-state index < -0.39 is 17.7 Å². The minimum absolute atomic E-state index is 0.0949. The van der Waals surface area contributed by atoms with Crippen LogP contribution in [0.25, 0.3) is 0 Å². The number of carbonyl (C=O) groups is 1. The van der Waals surface area contributed by atoms with E-state index in [1.165, 1.54) is 0 Å². The molecule has 0 fully saturated rings. The van der Waals surface area contributed by atoms with Gasteiger partial charge in [-0.15, -0.1) is 0 Å². The van der Waals surface area contributed by atoms with Gasteiger partial charge in [0.1, 0.15) is 11.6 Å². The summed E-state index contributed by atoms with van der Waals surface area (Å²) in [6.45, 7) is 0.410. The SMILES string of the molecule is NCc1ccc(NC(=O)Nc2ccc(F)cc2F)cc1. The zero-order valence-corrected chi connectivity index (χ0v) is 10.5. The molecule has 6 heteroatoms. The number of hydrogen-bond acceptors (Lipinski definition) is 2. The fourth-order valence-corrected chi connectivity index (χ4v) is 1.60. The second-order valence-corrected chi connectivity index (χ2v) is 4.10. The summed E-state index contributed by atoms with van der Waals surface area (Å²) in [6.07, 6.45) is 0. The van der Waals surface area contributed by atoms with Gasteiger partial charge in [-0.05, 0) is 29.8 Å². The lowest BCUT2D eigenvalue weighted by atomic mass is 10.2. The smallest absolute Gasteiger partial charge is 0.323 e. The zero-order valence-electron chi connectivity index (χ0n) is 10.5. The first-order chi connectivity index (χ1) is 9.58. The molecule has 0 aliphatic carbocycles. The van der Waals surface area contributed by atoms with Crippen LogP contribution in [0.2, 0.25) is 0 Å². The van der Waals surface area contributed by atoms with E-state index in [2.05, 4.69) is 10.6 Å². The molecular formula is C14H13F2N3O. The molecule has 2 rings (SSSR count). The Balaban J connectivity index is 2.01. The zero-order chi connectivity index (χ0) is 14.5. The van der Waals surface area contributed by atoms with Crippen LogP contribution in [0, 0.1) is 11.6 Å². The van der Waals surface area contributed by atoms with Crippen molar-refractivity contribution in [2.45, 2.75) is 6.54 Å². The van der Waals surface area contributed by atoms with Gasteiger partial charge in [0.05, 0.1) is 5.69 Å². The first-order valence-corrected chi connectivity index (χ1v) is 5.90. The predicted molar refractivity (Wildman–Crippen MR) is 73.3 cm³/mol. The third-order valence-electron chi connectivity index (χ3n) is 2.63. The highest BCUT2D eigenvalue weighted by Gasteiger charge is 2.08. The third-order valence-corrected chi connectivity index (χ3v) is 2.63. The molecule has 0 saturated carbocycles. The summed E-state index contributed by atoms with van der Waals surface area (Å²) < 4.78 is 26.1. The summed E-state index contributed by atoms with van der Waals surface area (Å²) in [6, 6.07) is 9.21. The Morgan fingerprint density at radius 2 is 1.75 bits per heavy atom. The maximum Gasteiger partial charge on any atom is 0.323 e. The molecule has 4 nitrogen and oxygen atoms in total. The Kier molecular flexibility index (Phi) is 4.27. The van der Waals surface area contributed by atoms with Crippen molar-refractivity contribution in [3.05, 3.63) is 59.7 Å². The van der Waals surface area contributed by atoms with Crippen molar-refractivity contribution < 1.29 is 13.6 Å². The van der Waals surface area contributed by atoms with Gasteiger partial charge >= 0.3 is 6.03 Å². The second-order valence-electron chi connectivity index (χ2n) is 4.10. The molecule has 0 radical (unpaired) electrons. The quantitative estimate of drug-likeness (QED) is 0.807. The lowest BCUT2D eigenvalue weighted by Gasteiger charge is -2.09. The highest BCUT2D eigenvalue weighted by molar-refractivity contribution is 5.99. The highest BCUT2D eigenvalue weighted by Crippen LogP contribution is 2.16. The number of urea groups is 1. The van der Waals surface area contributed by atoms with E-state index in [0.717, 1.165) is 17.7 Å². The summed E-state index contributed by atoms with van der Waals surface area (Å²) in [7, 11) is 0. The normalized spacial score (nSPS) is 10.2. The number of carbonyl (C=O) groups excluding carboxylic acids is 1. The fraction of sp³-hybridized carbons (Fsp3) is 0.0714. The highest BCUT2D eigenvalue weighted by atomic mass is 19.1. The van der Waals surface area contributed by atoms with Gasteiger partial charge in [0.25, 0.3) is 0 Å². The van der Waals surface area contributed by atoms with Crippen LogP contribution in [0.3, 0.4) is 0 Å². The number of benzene rings is 2. The molecule has 0 aromatic heterocycles. The van der Waals surface area contributed by atoms with Crippen LogP contribution in [0.4, 0.5) is 25.0 Å². The Hall–Kier alpha value is -2.47. The molecule has 20 heavy (non-hydrogen) atoms. The maximum atomic E-state index is 13.4. The van der Waals surface area contributed by atoms with Crippen molar-refractivity contribution in [2.24, 2.45) is 5.73 Å². The van der Waals surface area contributed by atoms with E-state index in [1.807, 2.05) is 0 Å². The number of amides is 2. The number of nitrogens with one attached hydrogen (secondary N) is 2. The van der Waals surface area contributed by atoms with Crippen LogP contribution >= 0.6 is 0 Å². The molecule has 2 aromatic rings. The molecule has 104 valence electrons. The van der Waals surface area contributed by atoms with Gasteiger partial charge in [0.2, 0.25) is 0 Å². The molecule has 0 unspecified atom stereocenters. The van der Waals surface area contributed by atoms with E-state index in [4.69, 9.17) is 5.73 Å². The van der Waals surface area contributed by atoms with Crippen molar-refractivity contribution >= 4 is 17.4 Å². The molecule has 2 aromatic carbocycles. The summed E-state index contributed by atoms with van der Waals surface area (Å²) in [5.74, 6) is -1.54. The Bertz CT molecular complexity index is 614. The van der Waals surface area contributed by atoms with Crippen molar-refractivity contribution in [1.29, 1.82) is 0 Å². The molecule has 0 spiro atoms. The molecule has 0 aliphatic heterocycles. The van der Waals surface area contributed by atoms with Crippen LogP contribution in [-0.2, 0) is 6.54 Å².